The summed E-state index contributed by atoms with van der Waals surface area (Å²) >= 11 is 0.575. The van der Waals surface area contributed by atoms with Crippen LogP contribution >= 0.6 is 0 Å². The fraction of sp³-hybridized carbons (Fsp3) is 0.125. The average Bonchev–Trinajstić information content (AvgIpc) is 2.46. The van der Waals surface area contributed by atoms with Crippen LogP contribution in [0, 0.1) is 10.2 Å². The fourth-order valence-electron chi connectivity index (χ4n) is 1.04. The van der Waals surface area contributed by atoms with Crippen molar-refractivity contribution in [1.29, 1.82) is 0 Å². The Morgan fingerprint density at radius 2 is 1.67 bits per heavy atom. The summed E-state index contributed by atoms with van der Waals surface area (Å²) in [5, 5.41) is 2.26. The second-order valence-corrected chi connectivity index (χ2v) is 5.30. The number of rotatable bonds is 0. The number of aromatic nitrogens is 1. The Morgan fingerprint density at radius 3 is 2.20 bits per heavy atom. The molecule has 0 fully saturated rings. The third kappa shape index (κ3) is 4.72. The van der Waals surface area contributed by atoms with E-state index in [1.165, 1.54) is 9.78 Å². The van der Waals surface area contributed by atoms with E-state index in [-0.39, 0.29) is 0 Å². The number of fused-ring (bicyclic) bond motifs is 1. The van der Waals surface area contributed by atoms with Crippen LogP contribution < -0.4 is 23.2 Å². The van der Waals surface area contributed by atoms with Crippen molar-refractivity contribution in [3.63, 3.8) is 0 Å². The molecule has 1 aromatic heterocycles. The molecular weight excluding hydrogens is 289 g/mol. The quantitative estimate of drug-likeness (QED) is 0.365. The zero-order valence-corrected chi connectivity index (χ0v) is 10.2. The summed E-state index contributed by atoms with van der Waals surface area (Å²) in [6.07, 6.45) is 0. The van der Waals surface area contributed by atoms with Crippen molar-refractivity contribution in [2.24, 2.45) is 7.05 Å². The van der Waals surface area contributed by atoms with E-state index < -0.39 is 10.2 Å². The first-order valence-electron chi connectivity index (χ1n) is 3.81. The minimum atomic E-state index is -4.94. The second kappa shape index (κ2) is 5.05. The molecule has 0 radical (unpaired) electrons. The molecule has 0 spiro atoms. The maximum Gasteiger partial charge on any atom is -0.112 e. The van der Waals surface area contributed by atoms with Gasteiger partial charge in [0.1, 0.15) is 0 Å². The van der Waals surface area contributed by atoms with Gasteiger partial charge in [0.05, 0.1) is 0 Å². The van der Waals surface area contributed by atoms with Crippen LogP contribution in [0.2, 0.25) is 0 Å². The van der Waals surface area contributed by atoms with Crippen LogP contribution in [0.15, 0.2) is 29.3 Å². The molecule has 0 atom stereocenters. The molecule has 0 saturated heterocycles. The van der Waals surface area contributed by atoms with Gasteiger partial charge in [0.15, 0.2) is 0 Å². The van der Waals surface area contributed by atoms with Gasteiger partial charge < -0.3 is 0 Å². The van der Waals surface area contributed by atoms with Crippen LogP contribution in [0.3, 0.4) is 0 Å². The van der Waals surface area contributed by atoms with Crippen molar-refractivity contribution in [3.8, 4) is 0 Å². The van der Waals surface area contributed by atoms with E-state index in [2.05, 4.69) is 41.0 Å². The molecule has 82 valence electrons. The molecule has 1 heterocycles. The fourth-order valence-corrected chi connectivity index (χ4v) is 2.88. The summed E-state index contributed by atoms with van der Waals surface area (Å²) in [5.74, 6) is 0. The Hall–Kier alpha value is -0.461. The molecular formula is C8H8ClNO4Se. The Morgan fingerprint density at radius 1 is 1.13 bits per heavy atom. The van der Waals surface area contributed by atoms with Gasteiger partial charge >= 0.3 is 65.2 Å². The number of nitrogens with zero attached hydrogens (tertiary/aromatic N) is 1. The first-order chi connectivity index (χ1) is 6.88. The number of aryl methyl sites for hydroxylation is 1. The van der Waals surface area contributed by atoms with Crippen molar-refractivity contribution >= 4 is 24.3 Å². The normalized spacial score (nSPS) is 11.0. The standard InChI is InChI=1S/C8H8NSe.ClHO4/c1-9-6-10-8-5-3-2-4-7(8)9;2-1(3,4)5/h2-6H,1H3;(H,2,3,4,5)/q+1;/p-1. The molecule has 2 aromatic rings. The predicted octanol–water partition coefficient (Wildman–Crippen LogP) is -4.03. The number of benzene rings is 1. The van der Waals surface area contributed by atoms with Gasteiger partial charge in [0, 0.05) is 0 Å². The van der Waals surface area contributed by atoms with Crippen LogP contribution in [0.4, 0.5) is 0 Å². The molecule has 0 amide bonds. The monoisotopic (exact) mass is 297 g/mol. The maximum absolute atomic E-state index is 8.49. The van der Waals surface area contributed by atoms with E-state index in [0.717, 1.165) is 0 Å². The van der Waals surface area contributed by atoms with Crippen molar-refractivity contribution in [2.45, 2.75) is 0 Å². The minimum absolute atomic E-state index is 0.575. The van der Waals surface area contributed by atoms with Gasteiger partial charge in [-0.1, -0.05) is 0 Å². The number of halogens is 1. The molecule has 15 heavy (non-hydrogen) atoms. The van der Waals surface area contributed by atoms with E-state index in [0.29, 0.717) is 14.5 Å². The van der Waals surface area contributed by atoms with E-state index in [4.69, 9.17) is 18.6 Å². The molecule has 0 aliphatic heterocycles. The van der Waals surface area contributed by atoms with Crippen molar-refractivity contribution in [1.82, 2.24) is 0 Å². The van der Waals surface area contributed by atoms with Crippen LogP contribution in [-0.2, 0) is 7.05 Å². The molecule has 0 saturated carbocycles. The van der Waals surface area contributed by atoms with E-state index in [1.807, 2.05) is 0 Å². The third-order valence-electron chi connectivity index (χ3n) is 1.58. The van der Waals surface area contributed by atoms with Crippen LogP contribution in [0.5, 0.6) is 0 Å². The minimum Gasteiger partial charge on any atom is -0.222 e. The zero-order chi connectivity index (χ0) is 11.5. The van der Waals surface area contributed by atoms with E-state index >= 15 is 0 Å². The summed E-state index contributed by atoms with van der Waals surface area (Å²) in [6.45, 7) is 0. The SMILES string of the molecule is C[n+]1c[se]c2ccccc21.[O-][Cl+3]([O-])([O-])[O-]. The average molecular weight is 297 g/mol. The molecule has 5 nitrogen and oxygen atoms in total. The molecule has 7 heteroatoms. The topological polar surface area (TPSA) is 96.1 Å². The van der Waals surface area contributed by atoms with Gasteiger partial charge in [0.25, 0.3) is 0 Å². The van der Waals surface area contributed by atoms with E-state index in [1.54, 1.807) is 0 Å². The largest absolute Gasteiger partial charge is 0.222 e. The predicted molar refractivity (Wildman–Crippen MR) is 42.1 cm³/mol. The van der Waals surface area contributed by atoms with Gasteiger partial charge in [-0.05, 0) is 0 Å². The maximum atomic E-state index is 8.49. The summed E-state index contributed by atoms with van der Waals surface area (Å²) < 4.78 is 37.7. The van der Waals surface area contributed by atoms with Crippen molar-refractivity contribution < 1.29 is 33.4 Å². The summed E-state index contributed by atoms with van der Waals surface area (Å²) in [4.78, 5) is 0. The van der Waals surface area contributed by atoms with Crippen LogP contribution in [0.1, 0.15) is 0 Å². The Bertz CT molecular complexity index is 433. The number of para-hydroxylation sites is 1. The smallest absolute Gasteiger partial charge is 0.112 e. The number of hydrogen-bond donors (Lipinski definition) is 0. The Kier molecular flexibility index (Phi) is 4.24. The van der Waals surface area contributed by atoms with Crippen LogP contribution in [-0.4, -0.2) is 14.5 Å². The van der Waals surface area contributed by atoms with Crippen molar-refractivity contribution in [2.75, 3.05) is 0 Å². The molecule has 2 rings (SSSR count). The zero-order valence-electron chi connectivity index (χ0n) is 7.75. The second-order valence-electron chi connectivity index (χ2n) is 2.68. The first-order valence-corrected chi connectivity index (χ1v) is 6.89. The van der Waals surface area contributed by atoms with Gasteiger partial charge in [-0.25, -0.2) is 18.6 Å². The van der Waals surface area contributed by atoms with Gasteiger partial charge in [-0.3, -0.25) is 0 Å². The molecule has 0 unspecified atom stereocenters. The van der Waals surface area contributed by atoms with Gasteiger partial charge in [-0.15, -0.1) is 10.2 Å². The summed E-state index contributed by atoms with van der Waals surface area (Å²) in [6, 6.07) is 8.56. The summed E-state index contributed by atoms with van der Waals surface area (Å²) in [7, 11) is -2.84. The molecule has 0 aliphatic rings. The van der Waals surface area contributed by atoms with Crippen LogP contribution in [0.25, 0.3) is 9.78 Å². The molecule has 0 N–H and O–H groups in total. The molecule has 0 bridgehead atoms. The van der Waals surface area contributed by atoms with Gasteiger partial charge in [-0.2, -0.15) is 0 Å². The van der Waals surface area contributed by atoms with Crippen molar-refractivity contribution in [3.05, 3.63) is 29.3 Å². The number of hydrogen-bond acceptors (Lipinski definition) is 4. The Balaban J connectivity index is 0.000000195. The molecule has 0 aliphatic carbocycles. The van der Waals surface area contributed by atoms with E-state index in [9.17, 15) is 0 Å². The Labute approximate surface area is 94.3 Å². The first kappa shape index (κ1) is 12.6. The molecule has 1 aromatic carbocycles. The summed E-state index contributed by atoms with van der Waals surface area (Å²) in [5.41, 5.74) is 1.38. The van der Waals surface area contributed by atoms with Gasteiger partial charge in [0.2, 0.25) is 0 Å². The third-order valence-corrected chi connectivity index (χ3v) is 3.72.